The van der Waals surface area contributed by atoms with Crippen LogP contribution in [0.4, 0.5) is 24.5 Å². The minimum atomic E-state index is -4.82. The summed E-state index contributed by atoms with van der Waals surface area (Å²) in [5.41, 5.74) is 2.34. The molecule has 0 saturated heterocycles. The maximum atomic E-state index is 13.8. The van der Waals surface area contributed by atoms with Gasteiger partial charge in [-0.3, -0.25) is 0 Å². The zero-order chi connectivity index (χ0) is 23.7. The van der Waals surface area contributed by atoms with Crippen molar-refractivity contribution in [1.82, 2.24) is 4.72 Å². The van der Waals surface area contributed by atoms with Gasteiger partial charge in [0.15, 0.2) is 5.69 Å². The van der Waals surface area contributed by atoms with Crippen LogP contribution in [0, 0.1) is 27.3 Å². The number of benzene rings is 3. The molecule has 1 unspecified atom stereocenters. The SMILES string of the molecule is [C-]#[N+]c1cccc2c(NCC(NS(=O)(=O)c3c(C)cc(C)cc3C)C(F)(F)F)cccc12. The highest BCUT2D eigenvalue weighted by Crippen LogP contribution is 2.32. The van der Waals surface area contributed by atoms with Crippen molar-refractivity contribution < 1.29 is 21.6 Å². The molecule has 9 heteroatoms. The van der Waals surface area contributed by atoms with Crippen LogP contribution >= 0.6 is 0 Å². The summed E-state index contributed by atoms with van der Waals surface area (Å²) in [7, 11) is -4.43. The number of hydrogen-bond donors (Lipinski definition) is 2. The number of fused-ring (bicyclic) bond motifs is 1. The lowest BCUT2D eigenvalue weighted by Gasteiger charge is -2.24. The third kappa shape index (κ3) is 4.87. The van der Waals surface area contributed by atoms with Crippen molar-refractivity contribution in [3.63, 3.8) is 0 Å². The topological polar surface area (TPSA) is 62.6 Å². The van der Waals surface area contributed by atoms with E-state index in [1.165, 1.54) is 0 Å². The summed E-state index contributed by atoms with van der Waals surface area (Å²) in [6, 6.07) is 10.8. The second kappa shape index (κ2) is 8.81. The third-order valence-electron chi connectivity index (χ3n) is 5.08. The predicted octanol–water partition coefficient (Wildman–Crippen LogP) is 5.64. The predicted molar refractivity (Wildman–Crippen MR) is 120 cm³/mol. The van der Waals surface area contributed by atoms with E-state index in [2.05, 4.69) is 10.2 Å². The molecule has 0 aliphatic carbocycles. The van der Waals surface area contributed by atoms with Gasteiger partial charge in [0.25, 0.3) is 0 Å². The molecule has 0 amide bonds. The van der Waals surface area contributed by atoms with E-state index in [0.717, 1.165) is 5.56 Å². The van der Waals surface area contributed by atoms with Crippen molar-refractivity contribution in [2.24, 2.45) is 0 Å². The maximum Gasteiger partial charge on any atom is 0.406 e. The van der Waals surface area contributed by atoms with Gasteiger partial charge < -0.3 is 5.32 Å². The molecule has 2 N–H and O–H groups in total. The van der Waals surface area contributed by atoms with E-state index in [1.54, 1.807) is 69.3 Å². The Hall–Kier alpha value is -3.09. The number of aryl methyl sites for hydroxylation is 3. The van der Waals surface area contributed by atoms with Crippen LogP contribution in [-0.4, -0.2) is 27.2 Å². The Morgan fingerprint density at radius 1 is 1.00 bits per heavy atom. The molecule has 5 nitrogen and oxygen atoms in total. The fraction of sp³-hybridized carbons (Fsp3) is 0.261. The molecule has 0 aliphatic rings. The Kier molecular flexibility index (Phi) is 6.49. The van der Waals surface area contributed by atoms with Gasteiger partial charge in [0.05, 0.1) is 11.5 Å². The summed E-state index contributed by atoms with van der Waals surface area (Å²) in [6.45, 7) is 11.4. The average Bonchev–Trinajstić information content (AvgIpc) is 2.68. The zero-order valence-corrected chi connectivity index (χ0v) is 18.5. The molecule has 0 spiro atoms. The van der Waals surface area contributed by atoms with Crippen LogP contribution in [0.1, 0.15) is 16.7 Å². The van der Waals surface area contributed by atoms with E-state index < -0.39 is 28.8 Å². The lowest BCUT2D eigenvalue weighted by atomic mass is 10.1. The molecule has 0 bridgehead atoms. The summed E-state index contributed by atoms with van der Waals surface area (Å²) in [4.78, 5) is 3.28. The zero-order valence-electron chi connectivity index (χ0n) is 17.7. The first-order valence-corrected chi connectivity index (χ1v) is 11.2. The highest BCUT2D eigenvalue weighted by Gasteiger charge is 2.42. The van der Waals surface area contributed by atoms with Gasteiger partial charge in [-0.15, -0.1) is 0 Å². The summed E-state index contributed by atoms with van der Waals surface area (Å²) in [5, 5.41) is 3.89. The Bertz CT molecular complexity index is 1290. The average molecular weight is 462 g/mol. The van der Waals surface area contributed by atoms with Gasteiger partial charge in [-0.2, -0.15) is 17.9 Å². The number of nitrogens with one attached hydrogen (secondary N) is 2. The number of alkyl halides is 3. The highest BCUT2D eigenvalue weighted by atomic mass is 32.2. The van der Waals surface area contributed by atoms with Crippen LogP contribution in [0.15, 0.2) is 53.4 Å². The molecule has 168 valence electrons. The number of halogens is 3. The van der Waals surface area contributed by atoms with Gasteiger partial charge in [-0.1, -0.05) is 48.0 Å². The standard InChI is InChI=1S/C23H22F3N3O2S/c1-14-11-15(2)22(16(3)12-14)32(30,31)29-21(23(24,25)26)13-28-20-10-6-7-17-18(20)8-5-9-19(17)27-4/h5-12,21,28-29H,13H2,1-3H3. The molecule has 0 saturated carbocycles. The second-order valence-electron chi connectivity index (χ2n) is 7.61. The number of hydrogen-bond acceptors (Lipinski definition) is 3. The van der Waals surface area contributed by atoms with Crippen molar-refractivity contribution in [1.29, 1.82) is 0 Å². The molecule has 3 aromatic rings. The Morgan fingerprint density at radius 3 is 2.19 bits per heavy atom. The van der Waals surface area contributed by atoms with Gasteiger partial charge >= 0.3 is 6.18 Å². The number of sulfonamides is 1. The number of rotatable bonds is 6. The van der Waals surface area contributed by atoms with Crippen molar-refractivity contribution in [2.45, 2.75) is 37.9 Å². The van der Waals surface area contributed by atoms with Gasteiger partial charge in [-0.05, 0) is 48.7 Å². The van der Waals surface area contributed by atoms with E-state index in [9.17, 15) is 21.6 Å². The number of nitrogens with zero attached hydrogens (tertiary/aromatic N) is 1. The fourth-order valence-corrected chi connectivity index (χ4v) is 5.49. The first kappa shape index (κ1) is 23.6. The molecule has 3 rings (SSSR count). The Morgan fingerprint density at radius 2 is 1.59 bits per heavy atom. The van der Waals surface area contributed by atoms with Crippen molar-refractivity contribution in [2.75, 3.05) is 11.9 Å². The Balaban J connectivity index is 1.92. The molecule has 0 radical (unpaired) electrons. The summed E-state index contributed by atoms with van der Waals surface area (Å²) in [6.07, 6.45) is -4.82. The number of anilines is 1. The van der Waals surface area contributed by atoms with Crippen LogP contribution in [0.25, 0.3) is 15.6 Å². The lowest BCUT2D eigenvalue weighted by molar-refractivity contribution is -0.148. The van der Waals surface area contributed by atoms with Gasteiger partial charge in [0, 0.05) is 12.2 Å². The van der Waals surface area contributed by atoms with Crippen molar-refractivity contribution in [3.8, 4) is 0 Å². The van der Waals surface area contributed by atoms with Crippen LogP contribution in [0.3, 0.4) is 0 Å². The molecule has 1 atom stereocenters. The molecular formula is C23H22F3N3O2S. The Labute approximate surface area is 185 Å². The fourth-order valence-electron chi connectivity index (χ4n) is 3.82. The normalized spacial score (nSPS) is 13.0. The summed E-state index contributed by atoms with van der Waals surface area (Å²) in [5.74, 6) is 0. The van der Waals surface area contributed by atoms with Crippen LogP contribution in [0.2, 0.25) is 0 Å². The molecule has 32 heavy (non-hydrogen) atoms. The van der Waals surface area contributed by atoms with Crippen LogP contribution < -0.4 is 10.0 Å². The molecule has 0 fully saturated rings. The highest BCUT2D eigenvalue weighted by molar-refractivity contribution is 7.89. The molecule has 0 heterocycles. The summed E-state index contributed by atoms with van der Waals surface area (Å²) >= 11 is 0. The van der Waals surface area contributed by atoms with E-state index in [-0.39, 0.29) is 4.90 Å². The van der Waals surface area contributed by atoms with E-state index >= 15 is 0 Å². The monoisotopic (exact) mass is 461 g/mol. The first-order chi connectivity index (χ1) is 14.9. The van der Waals surface area contributed by atoms with Gasteiger partial charge in [0.1, 0.15) is 6.04 Å². The first-order valence-electron chi connectivity index (χ1n) is 9.74. The largest absolute Gasteiger partial charge is 0.406 e. The summed E-state index contributed by atoms with van der Waals surface area (Å²) < 4.78 is 68.9. The van der Waals surface area contributed by atoms with E-state index in [0.29, 0.717) is 33.3 Å². The molecule has 0 aromatic heterocycles. The second-order valence-corrected chi connectivity index (χ2v) is 9.26. The van der Waals surface area contributed by atoms with E-state index in [1.807, 2.05) is 4.72 Å². The van der Waals surface area contributed by atoms with E-state index in [4.69, 9.17) is 6.57 Å². The smallest absolute Gasteiger partial charge is 0.383 e. The minimum absolute atomic E-state index is 0.149. The van der Waals surface area contributed by atoms with Gasteiger partial charge in [-0.25, -0.2) is 13.3 Å². The van der Waals surface area contributed by atoms with Crippen molar-refractivity contribution in [3.05, 3.63) is 76.6 Å². The maximum absolute atomic E-state index is 13.8. The molecule has 0 aliphatic heterocycles. The minimum Gasteiger partial charge on any atom is -0.383 e. The molecular weight excluding hydrogens is 439 g/mol. The third-order valence-corrected chi connectivity index (χ3v) is 6.86. The quantitative estimate of drug-likeness (QED) is 0.467. The molecule has 3 aromatic carbocycles. The van der Waals surface area contributed by atoms with Crippen LogP contribution in [-0.2, 0) is 10.0 Å². The van der Waals surface area contributed by atoms with Gasteiger partial charge in [0.2, 0.25) is 10.0 Å². The van der Waals surface area contributed by atoms with Crippen LogP contribution in [0.5, 0.6) is 0 Å². The lowest BCUT2D eigenvalue weighted by Crippen LogP contribution is -2.49. The van der Waals surface area contributed by atoms with Crippen molar-refractivity contribution >= 4 is 32.2 Å².